The van der Waals surface area contributed by atoms with Gasteiger partial charge in [0.15, 0.2) is 0 Å². The number of methoxy groups -OCH3 is 1. The molecule has 3 aromatic rings. The number of benzene rings is 1. The second-order valence-electron chi connectivity index (χ2n) is 10.3. The topological polar surface area (TPSA) is 115 Å². The number of amides is 2. The zero-order chi connectivity index (χ0) is 25.9. The molecule has 0 unspecified atom stereocenters. The Bertz CT molecular complexity index is 1250. The van der Waals surface area contributed by atoms with E-state index < -0.39 is 0 Å². The van der Waals surface area contributed by atoms with Gasteiger partial charge in [-0.1, -0.05) is 0 Å². The molecule has 1 fully saturated rings. The summed E-state index contributed by atoms with van der Waals surface area (Å²) in [5, 5.41) is 16.9. The zero-order valence-electron chi connectivity index (χ0n) is 21.6. The molecule has 5 rings (SSSR count). The number of imidazole rings is 1. The van der Waals surface area contributed by atoms with Crippen molar-refractivity contribution in [3.63, 3.8) is 0 Å². The van der Waals surface area contributed by atoms with Crippen LogP contribution in [0.1, 0.15) is 50.4 Å². The Morgan fingerprint density at radius 2 is 2.00 bits per heavy atom. The second kappa shape index (κ2) is 10.9. The van der Waals surface area contributed by atoms with Crippen LogP contribution in [-0.2, 0) is 35.5 Å². The number of nitrogens with one attached hydrogen (secondary N) is 1. The summed E-state index contributed by atoms with van der Waals surface area (Å²) in [6, 6.07) is 5.98. The molecule has 0 saturated heterocycles. The maximum Gasteiger partial charge on any atom is 0.414 e. The lowest BCUT2D eigenvalue weighted by atomic mass is 9.86. The molecule has 2 aromatic heterocycles. The lowest BCUT2D eigenvalue weighted by Gasteiger charge is -2.34. The van der Waals surface area contributed by atoms with E-state index in [2.05, 4.69) is 10.4 Å². The van der Waals surface area contributed by atoms with Crippen LogP contribution in [0.4, 0.5) is 10.5 Å². The molecule has 2 aliphatic rings. The van der Waals surface area contributed by atoms with Crippen LogP contribution in [0.5, 0.6) is 0 Å². The highest BCUT2D eigenvalue weighted by Crippen LogP contribution is 2.36. The lowest BCUT2D eigenvalue weighted by Crippen LogP contribution is -2.42. The summed E-state index contributed by atoms with van der Waals surface area (Å²) in [6.07, 6.45) is 9.19. The molecular weight excluding hydrogens is 472 g/mol. The number of hydrogen-bond donors (Lipinski definition) is 2. The number of rotatable bonds is 7. The molecule has 37 heavy (non-hydrogen) atoms. The molecule has 1 aliphatic heterocycles. The van der Waals surface area contributed by atoms with Crippen molar-refractivity contribution in [1.82, 2.24) is 24.6 Å². The van der Waals surface area contributed by atoms with Gasteiger partial charge in [-0.15, -0.1) is 0 Å². The number of anilines is 1. The number of carbonyl (C=O) groups excluding carboxylic acids is 2. The largest absolute Gasteiger partial charge is 0.452 e. The van der Waals surface area contributed by atoms with Gasteiger partial charge in [0.05, 0.1) is 23.8 Å². The first-order valence-electron chi connectivity index (χ1n) is 13.2. The quantitative estimate of drug-likeness (QED) is 0.507. The molecular formula is C27H36N6O4. The van der Waals surface area contributed by atoms with Gasteiger partial charge in [-0.05, 0) is 69.6 Å². The molecule has 0 bridgehead atoms. The van der Waals surface area contributed by atoms with Gasteiger partial charge in [0.2, 0.25) is 5.91 Å². The van der Waals surface area contributed by atoms with Crippen LogP contribution in [0.2, 0.25) is 0 Å². The van der Waals surface area contributed by atoms with Crippen molar-refractivity contribution in [2.24, 2.45) is 5.92 Å². The summed E-state index contributed by atoms with van der Waals surface area (Å²) >= 11 is 0. The van der Waals surface area contributed by atoms with Crippen molar-refractivity contribution >= 4 is 28.7 Å². The van der Waals surface area contributed by atoms with Crippen LogP contribution in [0.3, 0.4) is 0 Å². The van der Waals surface area contributed by atoms with Crippen LogP contribution in [0, 0.1) is 5.92 Å². The highest BCUT2D eigenvalue weighted by Gasteiger charge is 2.32. The first-order chi connectivity index (χ1) is 18.0. The number of carbonyl (C=O) groups is 2. The first-order valence-corrected chi connectivity index (χ1v) is 13.2. The predicted octanol–water partition coefficient (Wildman–Crippen LogP) is 3.05. The van der Waals surface area contributed by atoms with Gasteiger partial charge >= 0.3 is 6.09 Å². The molecule has 1 aromatic carbocycles. The fraction of sp³-hybridized carbons (Fsp3) is 0.556. The molecule has 10 heteroatoms. The maximum atomic E-state index is 13.2. The average Bonchev–Trinajstić information content (AvgIpc) is 3.55. The minimum atomic E-state index is -0.374. The van der Waals surface area contributed by atoms with Crippen molar-refractivity contribution in [3.05, 3.63) is 42.0 Å². The Morgan fingerprint density at radius 3 is 2.70 bits per heavy atom. The van der Waals surface area contributed by atoms with E-state index in [4.69, 9.17) is 9.72 Å². The smallest absolute Gasteiger partial charge is 0.414 e. The predicted molar refractivity (Wildman–Crippen MR) is 139 cm³/mol. The Morgan fingerprint density at radius 1 is 1.19 bits per heavy atom. The van der Waals surface area contributed by atoms with Gasteiger partial charge in [-0.25, -0.2) is 9.78 Å². The molecule has 0 radical (unpaired) electrons. The van der Waals surface area contributed by atoms with E-state index >= 15 is 0 Å². The summed E-state index contributed by atoms with van der Waals surface area (Å²) in [6.45, 7) is 3.08. The number of ether oxygens (including phenoxy) is 1. The number of fused-ring (bicyclic) bond motifs is 3. The third-order valence-corrected chi connectivity index (χ3v) is 7.86. The van der Waals surface area contributed by atoms with Gasteiger partial charge in [0.1, 0.15) is 12.4 Å². The van der Waals surface area contributed by atoms with Crippen molar-refractivity contribution in [2.45, 2.75) is 77.0 Å². The molecule has 1 atom stereocenters. The number of aliphatic hydroxyl groups excluding tert-OH is 1. The van der Waals surface area contributed by atoms with Crippen molar-refractivity contribution < 1.29 is 19.4 Å². The van der Waals surface area contributed by atoms with Gasteiger partial charge < -0.3 is 19.7 Å². The normalized spacial score (nSPS) is 21.6. The van der Waals surface area contributed by atoms with Gasteiger partial charge in [0.25, 0.3) is 0 Å². The monoisotopic (exact) mass is 508 g/mol. The van der Waals surface area contributed by atoms with E-state index in [1.165, 1.54) is 7.11 Å². The molecule has 1 saturated carbocycles. The second-order valence-corrected chi connectivity index (χ2v) is 10.3. The third-order valence-electron chi connectivity index (χ3n) is 7.86. The maximum absolute atomic E-state index is 13.2. The van der Waals surface area contributed by atoms with Crippen LogP contribution in [-0.4, -0.2) is 62.2 Å². The molecule has 3 heterocycles. The molecule has 10 nitrogen and oxygen atoms in total. The van der Waals surface area contributed by atoms with E-state index in [0.29, 0.717) is 18.9 Å². The number of aromatic nitrogens is 4. The summed E-state index contributed by atoms with van der Waals surface area (Å²) in [5.41, 5.74) is 3.58. The van der Waals surface area contributed by atoms with Crippen molar-refractivity contribution in [3.8, 4) is 0 Å². The van der Waals surface area contributed by atoms with Gasteiger partial charge in [-0.3, -0.25) is 14.4 Å². The van der Waals surface area contributed by atoms with E-state index in [9.17, 15) is 14.7 Å². The summed E-state index contributed by atoms with van der Waals surface area (Å²) in [7, 11) is 1.40. The number of aryl methyl sites for hydroxylation is 3. The van der Waals surface area contributed by atoms with E-state index in [1.807, 2.05) is 40.6 Å². The Balaban J connectivity index is 1.45. The summed E-state index contributed by atoms with van der Waals surface area (Å²) in [5.74, 6) is 1.13. The first kappa shape index (κ1) is 25.3. The molecule has 198 valence electrons. The van der Waals surface area contributed by atoms with Gasteiger partial charge in [-0.2, -0.15) is 5.10 Å². The van der Waals surface area contributed by atoms with Crippen LogP contribution < -0.4 is 10.2 Å². The number of hydrogen-bond acceptors (Lipinski definition) is 6. The van der Waals surface area contributed by atoms with Crippen LogP contribution in [0.25, 0.3) is 11.0 Å². The van der Waals surface area contributed by atoms with Gasteiger partial charge in [0, 0.05) is 49.6 Å². The molecule has 2 N–H and O–H groups in total. The summed E-state index contributed by atoms with van der Waals surface area (Å²) < 4.78 is 8.93. The van der Waals surface area contributed by atoms with E-state index in [1.54, 1.807) is 11.1 Å². The fourth-order valence-electron chi connectivity index (χ4n) is 5.77. The third kappa shape index (κ3) is 5.20. The van der Waals surface area contributed by atoms with Crippen LogP contribution in [0.15, 0.2) is 30.6 Å². The highest BCUT2D eigenvalue weighted by molar-refractivity contribution is 5.95. The molecule has 0 spiro atoms. The minimum Gasteiger partial charge on any atom is -0.452 e. The van der Waals surface area contributed by atoms with Crippen molar-refractivity contribution in [2.75, 3.05) is 18.6 Å². The number of aliphatic hydroxyl groups is 1. The number of nitrogens with zero attached hydrogens (tertiary/aromatic N) is 5. The summed E-state index contributed by atoms with van der Waals surface area (Å²) in [4.78, 5) is 32.5. The van der Waals surface area contributed by atoms with E-state index in [-0.39, 0.29) is 37.2 Å². The highest BCUT2D eigenvalue weighted by atomic mass is 16.5. The SMILES string of the molecule is COC(=O)N1c2ccc3c(nc(CCn4cccn4)n3CC(=O)NC3CCC(CO)CC3)c2CC[C@@H]1C. The van der Waals surface area contributed by atoms with Crippen LogP contribution >= 0.6 is 0 Å². The molecule has 2 amide bonds. The standard InChI is InChI=1S/C27H36N6O4/c1-18-4-9-21-22(33(18)27(36)37-2)10-11-23-26(21)30-24(12-15-31-14-3-13-28-31)32(23)16-25(35)29-20-7-5-19(17-34)6-8-20/h3,10-11,13-14,18-20,34H,4-9,12,15-17H2,1-2H3,(H,29,35)/t18-,19?,20?/m0/s1. The average molecular weight is 509 g/mol. The lowest BCUT2D eigenvalue weighted by molar-refractivity contribution is -0.122. The Labute approximate surface area is 216 Å². The minimum absolute atomic E-state index is 0.0328. The van der Waals surface area contributed by atoms with Crippen molar-refractivity contribution in [1.29, 1.82) is 0 Å². The zero-order valence-corrected chi connectivity index (χ0v) is 21.6. The Kier molecular flexibility index (Phi) is 7.45. The fourth-order valence-corrected chi connectivity index (χ4v) is 5.77. The molecule has 1 aliphatic carbocycles. The Hall–Kier alpha value is -3.40. The van der Waals surface area contributed by atoms with E-state index in [0.717, 1.165) is 66.6 Å².